The molecule has 2 N–H and O–H groups in total. The first-order chi connectivity index (χ1) is 23.0. The van der Waals surface area contributed by atoms with Gasteiger partial charge in [-0.1, -0.05) is 11.8 Å². The summed E-state index contributed by atoms with van der Waals surface area (Å²) >= 11 is 1.93. The van der Waals surface area contributed by atoms with E-state index in [1.54, 1.807) is 56.5 Å². The summed E-state index contributed by atoms with van der Waals surface area (Å²) in [5.74, 6) is -1.35. The zero-order valence-corrected chi connectivity index (χ0v) is 28.2. The molecule has 0 spiro atoms. The van der Waals surface area contributed by atoms with Gasteiger partial charge in [0.2, 0.25) is 5.91 Å². The number of esters is 2. The average molecular weight is 697 g/mol. The van der Waals surface area contributed by atoms with E-state index in [2.05, 4.69) is 20.8 Å². The van der Waals surface area contributed by atoms with Crippen LogP contribution in [0.5, 0.6) is 5.75 Å². The van der Waals surface area contributed by atoms with Gasteiger partial charge in [-0.2, -0.15) is 0 Å². The van der Waals surface area contributed by atoms with Crippen molar-refractivity contribution in [2.24, 2.45) is 0 Å². The lowest BCUT2D eigenvalue weighted by Crippen LogP contribution is -2.25. The molecule has 2 aromatic carbocycles. The van der Waals surface area contributed by atoms with Gasteiger partial charge >= 0.3 is 11.9 Å². The van der Waals surface area contributed by atoms with Crippen LogP contribution in [0.4, 0.5) is 10.7 Å². The van der Waals surface area contributed by atoms with Gasteiger partial charge in [0.25, 0.3) is 11.6 Å². The second-order valence-electron chi connectivity index (χ2n) is 9.87. The van der Waals surface area contributed by atoms with E-state index >= 15 is 0 Å². The van der Waals surface area contributed by atoms with E-state index in [1.807, 2.05) is 0 Å². The van der Waals surface area contributed by atoms with Gasteiger partial charge in [-0.3, -0.25) is 24.3 Å². The SMILES string of the molecule is CCOC(=O)c1sc(NC(=O)[C@@H](C)Sc2nnc(CNC(=O)c3ccc(OC)cc3)n2-c2ccc([N+](=O)[O-])cc2)c(C(=O)OCC)c1C. The number of carbonyl (C=O) groups excluding carboxylic acids is 4. The summed E-state index contributed by atoms with van der Waals surface area (Å²) in [6.07, 6.45) is 0. The van der Waals surface area contributed by atoms with Crippen LogP contribution in [0.2, 0.25) is 0 Å². The standard InChI is InChI=1S/C31H32N6O9S2/c1-6-45-29(40)24-17(3)25(30(41)46-7-2)48-28(24)33-26(38)18(4)47-31-35-34-23(36(31)20-10-12-21(13-11-20)37(42)43)16-32-27(39)19-8-14-22(44-5)15-9-19/h8-15,18H,6-7,16H2,1-5H3,(H,32,39)(H,33,38)/t18-/m1/s1. The Balaban J connectivity index is 1.60. The topological polar surface area (TPSA) is 194 Å². The van der Waals surface area contributed by atoms with Gasteiger partial charge in [-0.05, 0) is 69.7 Å². The number of hydrogen-bond acceptors (Lipinski definition) is 13. The molecule has 17 heteroatoms. The van der Waals surface area contributed by atoms with Crippen molar-refractivity contribution in [1.29, 1.82) is 0 Å². The lowest BCUT2D eigenvalue weighted by atomic mass is 10.1. The molecule has 4 aromatic rings. The second kappa shape index (κ2) is 16.0. The fraction of sp³-hybridized carbons (Fsp3) is 0.290. The maximum atomic E-state index is 13.5. The first-order valence-corrected chi connectivity index (χ1v) is 16.2. The van der Waals surface area contributed by atoms with E-state index in [1.165, 1.54) is 31.4 Å². The fourth-order valence-electron chi connectivity index (χ4n) is 4.34. The van der Waals surface area contributed by atoms with Crippen LogP contribution in [0.1, 0.15) is 62.5 Å². The first kappa shape index (κ1) is 35.6. The van der Waals surface area contributed by atoms with Gasteiger partial charge in [-0.25, -0.2) is 9.59 Å². The number of thioether (sulfide) groups is 1. The van der Waals surface area contributed by atoms with Crippen LogP contribution in [0, 0.1) is 17.0 Å². The summed E-state index contributed by atoms with van der Waals surface area (Å²) < 4.78 is 17.0. The highest BCUT2D eigenvalue weighted by Crippen LogP contribution is 2.35. The summed E-state index contributed by atoms with van der Waals surface area (Å²) in [5.41, 5.74) is 1.08. The van der Waals surface area contributed by atoms with Crippen LogP contribution in [-0.2, 0) is 20.8 Å². The van der Waals surface area contributed by atoms with Crippen LogP contribution < -0.4 is 15.4 Å². The van der Waals surface area contributed by atoms with Gasteiger partial charge in [0.1, 0.15) is 15.6 Å². The molecule has 15 nitrogen and oxygen atoms in total. The number of nitro benzene ring substituents is 1. The number of ether oxygens (including phenoxy) is 3. The van der Waals surface area contributed by atoms with E-state index in [0.717, 1.165) is 23.1 Å². The molecule has 0 radical (unpaired) electrons. The van der Waals surface area contributed by atoms with Crippen LogP contribution in [0.15, 0.2) is 53.7 Å². The highest BCUT2D eigenvalue weighted by molar-refractivity contribution is 8.00. The Labute approximate surface area is 283 Å². The molecular formula is C31H32N6O9S2. The molecule has 1 atom stereocenters. The van der Waals surface area contributed by atoms with Crippen LogP contribution in [-0.4, -0.2) is 69.0 Å². The van der Waals surface area contributed by atoms with Crippen molar-refractivity contribution in [3.8, 4) is 11.4 Å². The summed E-state index contributed by atoms with van der Waals surface area (Å²) in [6, 6.07) is 12.2. The third-order valence-corrected chi connectivity index (χ3v) is 8.98. The van der Waals surface area contributed by atoms with Gasteiger partial charge < -0.3 is 24.8 Å². The zero-order valence-electron chi connectivity index (χ0n) is 26.6. The van der Waals surface area contributed by atoms with Gasteiger partial charge in [0.05, 0.1) is 42.6 Å². The summed E-state index contributed by atoms with van der Waals surface area (Å²) in [7, 11) is 1.52. The van der Waals surface area contributed by atoms with Crippen molar-refractivity contribution >= 4 is 57.5 Å². The van der Waals surface area contributed by atoms with E-state index in [4.69, 9.17) is 14.2 Å². The largest absolute Gasteiger partial charge is 0.497 e. The molecule has 2 heterocycles. The van der Waals surface area contributed by atoms with Crippen molar-refractivity contribution in [3.63, 3.8) is 0 Å². The molecule has 2 amide bonds. The Morgan fingerprint density at radius 3 is 2.25 bits per heavy atom. The molecule has 0 aliphatic carbocycles. The minimum absolute atomic E-state index is 0.0550. The highest BCUT2D eigenvalue weighted by Gasteiger charge is 2.29. The molecular weight excluding hydrogens is 665 g/mol. The predicted octanol–water partition coefficient (Wildman–Crippen LogP) is 4.96. The van der Waals surface area contributed by atoms with E-state index in [9.17, 15) is 29.3 Å². The van der Waals surface area contributed by atoms with Crippen molar-refractivity contribution in [2.75, 3.05) is 25.6 Å². The maximum Gasteiger partial charge on any atom is 0.348 e. The molecule has 252 valence electrons. The number of carbonyl (C=O) groups is 4. The molecule has 0 fully saturated rings. The van der Waals surface area contributed by atoms with E-state index < -0.39 is 28.0 Å². The number of aromatic nitrogens is 3. The monoisotopic (exact) mass is 696 g/mol. The molecule has 0 unspecified atom stereocenters. The number of hydrogen-bond donors (Lipinski definition) is 2. The Bertz CT molecular complexity index is 1820. The first-order valence-electron chi connectivity index (χ1n) is 14.5. The Hall–Kier alpha value is -5.29. The predicted molar refractivity (Wildman–Crippen MR) is 177 cm³/mol. The summed E-state index contributed by atoms with van der Waals surface area (Å²) in [4.78, 5) is 62.6. The number of rotatable bonds is 14. The van der Waals surface area contributed by atoms with Gasteiger partial charge in [0, 0.05) is 23.4 Å². The number of non-ortho nitro benzene ring substituents is 1. The third-order valence-electron chi connectivity index (χ3n) is 6.75. The average Bonchev–Trinajstić information content (AvgIpc) is 3.63. The Kier molecular flexibility index (Phi) is 11.9. The number of nitrogens with one attached hydrogen (secondary N) is 2. The van der Waals surface area contributed by atoms with E-state index in [0.29, 0.717) is 28.4 Å². The van der Waals surface area contributed by atoms with Crippen LogP contribution in [0.3, 0.4) is 0 Å². The lowest BCUT2D eigenvalue weighted by Gasteiger charge is -2.14. The van der Waals surface area contributed by atoms with E-state index in [-0.39, 0.29) is 52.0 Å². The number of nitrogens with zero attached hydrogens (tertiary/aromatic N) is 4. The normalized spacial score (nSPS) is 11.4. The van der Waals surface area contributed by atoms with Crippen LogP contribution >= 0.6 is 23.1 Å². The Morgan fingerprint density at radius 2 is 1.65 bits per heavy atom. The number of benzene rings is 2. The number of anilines is 1. The lowest BCUT2D eigenvalue weighted by molar-refractivity contribution is -0.384. The van der Waals surface area contributed by atoms with Crippen LogP contribution in [0.25, 0.3) is 5.69 Å². The minimum Gasteiger partial charge on any atom is -0.497 e. The fourth-order valence-corrected chi connectivity index (χ4v) is 6.32. The molecule has 0 bridgehead atoms. The quantitative estimate of drug-likeness (QED) is 0.0780. The van der Waals surface area contributed by atoms with Crippen molar-refractivity contribution in [3.05, 3.63) is 86.0 Å². The number of amides is 2. The Morgan fingerprint density at radius 1 is 1.00 bits per heavy atom. The smallest absolute Gasteiger partial charge is 0.348 e. The maximum absolute atomic E-state index is 13.5. The molecule has 4 rings (SSSR count). The molecule has 0 saturated heterocycles. The molecule has 0 aliphatic rings. The number of nitro groups is 1. The van der Waals surface area contributed by atoms with Crippen molar-refractivity contribution < 1.29 is 38.3 Å². The van der Waals surface area contributed by atoms with Crippen molar-refractivity contribution in [2.45, 2.75) is 44.6 Å². The third kappa shape index (κ3) is 8.16. The molecule has 0 saturated carbocycles. The second-order valence-corrected chi connectivity index (χ2v) is 12.2. The number of methoxy groups -OCH3 is 1. The van der Waals surface area contributed by atoms with Gasteiger partial charge in [-0.15, -0.1) is 21.5 Å². The molecule has 48 heavy (non-hydrogen) atoms. The molecule has 2 aromatic heterocycles. The minimum atomic E-state index is -0.823. The summed E-state index contributed by atoms with van der Waals surface area (Å²) in [6.45, 7) is 6.63. The molecule has 0 aliphatic heterocycles. The number of thiophene rings is 1. The zero-order chi connectivity index (χ0) is 35.0. The van der Waals surface area contributed by atoms with Crippen molar-refractivity contribution in [1.82, 2.24) is 20.1 Å². The summed E-state index contributed by atoms with van der Waals surface area (Å²) in [5, 5.41) is 24.8. The highest BCUT2D eigenvalue weighted by atomic mass is 32.2. The van der Waals surface area contributed by atoms with Gasteiger partial charge in [0.15, 0.2) is 11.0 Å².